The number of carbonyl (C=O) groups excluding carboxylic acids is 1. The van der Waals surface area contributed by atoms with E-state index < -0.39 is 0 Å². The monoisotopic (exact) mass is 396 g/mol. The van der Waals surface area contributed by atoms with Crippen molar-refractivity contribution in [3.63, 3.8) is 0 Å². The number of hydrogen-bond donors (Lipinski definition) is 0. The van der Waals surface area contributed by atoms with Crippen molar-refractivity contribution < 1.29 is 14.3 Å². The first-order chi connectivity index (χ1) is 12.1. The molecule has 0 bridgehead atoms. The zero-order valence-corrected chi connectivity index (χ0v) is 15.4. The van der Waals surface area contributed by atoms with Gasteiger partial charge in [0.2, 0.25) is 0 Å². The van der Waals surface area contributed by atoms with E-state index in [1.54, 1.807) is 18.2 Å². The van der Waals surface area contributed by atoms with Crippen LogP contribution in [0, 0.1) is 6.92 Å². The van der Waals surface area contributed by atoms with Gasteiger partial charge >= 0.3 is 5.97 Å². The van der Waals surface area contributed by atoms with E-state index in [1.807, 2.05) is 49.4 Å². The molecule has 0 radical (unpaired) electrons. The molecule has 3 nitrogen and oxygen atoms in total. The number of aryl methyl sites for hydroxylation is 1. The summed E-state index contributed by atoms with van der Waals surface area (Å²) in [5.74, 6) is 0.951. The molecule has 0 fully saturated rings. The summed E-state index contributed by atoms with van der Waals surface area (Å²) in [6, 6.07) is 13.5. The van der Waals surface area contributed by atoms with Crippen LogP contribution >= 0.6 is 15.9 Å². The van der Waals surface area contributed by atoms with Crippen LogP contribution in [0.2, 0.25) is 0 Å². The molecular weight excluding hydrogens is 380 g/mol. The number of benzene rings is 2. The molecule has 0 unspecified atom stereocenters. The summed E-state index contributed by atoms with van der Waals surface area (Å²) in [6.45, 7) is 6.09. The maximum Gasteiger partial charge on any atom is 0.343 e. The second kappa shape index (κ2) is 7.53. The van der Waals surface area contributed by atoms with E-state index in [0.717, 1.165) is 26.9 Å². The van der Waals surface area contributed by atoms with E-state index in [-0.39, 0.29) is 5.97 Å². The standard InChI is InChI=1S/C21H17BrO3/c1-3-10-24-19-9-6-15(12-18(19)22)11-17-13-20(25-21(17)23)16-7-4-14(2)5-8-16/h3-9,11-13H,1,10H2,2H3/b17-11+. The molecule has 0 aliphatic carbocycles. The minimum Gasteiger partial charge on any atom is -0.488 e. The van der Waals surface area contributed by atoms with E-state index in [2.05, 4.69) is 22.5 Å². The molecular formula is C21H17BrO3. The molecule has 1 aliphatic heterocycles. The lowest BCUT2D eigenvalue weighted by molar-refractivity contribution is -0.130. The smallest absolute Gasteiger partial charge is 0.343 e. The highest BCUT2D eigenvalue weighted by Crippen LogP contribution is 2.30. The van der Waals surface area contributed by atoms with Crippen LogP contribution in [0.25, 0.3) is 11.8 Å². The molecule has 1 heterocycles. The number of esters is 1. The Hall–Kier alpha value is -2.59. The van der Waals surface area contributed by atoms with Gasteiger partial charge in [-0.3, -0.25) is 0 Å². The van der Waals surface area contributed by atoms with Crippen molar-refractivity contribution in [2.24, 2.45) is 0 Å². The minimum absolute atomic E-state index is 0.348. The van der Waals surface area contributed by atoms with Gasteiger partial charge in [-0.1, -0.05) is 48.6 Å². The van der Waals surface area contributed by atoms with Crippen molar-refractivity contribution in [3.8, 4) is 5.75 Å². The third kappa shape index (κ3) is 4.09. The molecule has 0 saturated heterocycles. The first-order valence-corrected chi connectivity index (χ1v) is 8.62. The van der Waals surface area contributed by atoms with Gasteiger partial charge in [0.05, 0.1) is 10.0 Å². The molecule has 126 valence electrons. The van der Waals surface area contributed by atoms with Gasteiger partial charge < -0.3 is 9.47 Å². The van der Waals surface area contributed by atoms with Crippen LogP contribution < -0.4 is 4.74 Å². The average molecular weight is 397 g/mol. The van der Waals surface area contributed by atoms with Gasteiger partial charge in [-0.05, 0) is 52.7 Å². The normalized spacial score (nSPS) is 15.0. The van der Waals surface area contributed by atoms with Gasteiger partial charge in [0, 0.05) is 5.56 Å². The SMILES string of the molecule is C=CCOc1ccc(/C=C2\C=C(c3ccc(C)cc3)OC2=O)cc1Br. The predicted octanol–water partition coefficient (Wildman–Crippen LogP) is 5.30. The number of hydrogen-bond acceptors (Lipinski definition) is 3. The van der Waals surface area contributed by atoms with E-state index in [9.17, 15) is 4.79 Å². The first-order valence-electron chi connectivity index (χ1n) is 7.82. The molecule has 0 atom stereocenters. The lowest BCUT2D eigenvalue weighted by Crippen LogP contribution is -1.97. The van der Waals surface area contributed by atoms with E-state index >= 15 is 0 Å². The van der Waals surface area contributed by atoms with Crippen LogP contribution in [-0.2, 0) is 9.53 Å². The quantitative estimate of drug-likeness (QED) is 0.390. The van der Waals surface area contributed by atoms with Crippen molar-refractivity contribution in [1.29, 1.82) is 0 Å². The van der Waals surface area contributed by atoms with Crippen LogP contribution in [-0.4, -0.2) is 12.6 Å². The molecule has 0 aromatic heterocycles. The minimum atomic E-state index is -0.348. The Morgan fingerprint density at radius 1 is 1.20 bits per heavy atom. The maximum atomic E-state index is 12.1. The molecule has 2 aromatic rings. The number of ether oxygens (including phenoxy) is 2. The fourth-order valence-corrected chi connectivity index (χ4v) is 2.91. The van der Waals surface area contributed by atoms with Gasteiger partial charge in [-0.15, -0.1) is 0 Å². The Bertz CT molecular complexity index is 877. The van der Waals surface area contributed by atoms with Crippen LogP contribution in [0.1, 0.15) is 16.7 Å². The summed E-state index contributed by atoms with van der Waals surface area (Å²) in [7, 11) is 0. The molecule has 0 amide bonds. The predicted molar refractivity (Wildman–Crippen MR) is 103 cm³/mol. The number of cyclic esters (lactones) is 1. The van der Waals surface area contributed by atoms with Gasteiger partial charge in [0.15, 0.2) is 0 Å². The Labute approximate surface area is 155 Å². The van der Waals surface area contributed by atoms with Crippen molar-refractivity contribution in [2.45, 2.75) is 6.92 Å². The number of halogens is 1. The second-order valence-corrected chi connectivity index (χ2v) is 6.51. The molecule has 3 rings (SSSR count). The summed E-state index contributed by atoms with van der Waals surface area (Å²) in [4.78, 5) is 12.1. The van der Waals surface area contributed by atoms with Crippen molar-refractivity contribution in [1.82, 2.24) is 0 Å². The summed E-state index contributed by atoms with van der Waals surface area (Å²) in [5, 5.41) is 0. The molecule has 0 saturated carbocycles. The number of carbonyl (C=O) groups is 1. The van der Waals surface area contributed by atoms with Gasteiger partial charge in [0.1, 0.15) is 18.1 Å². The van der Waals surface area contributed by atoms with Gasteiger partial charge in [-0.25, -0.2) is 4.79 Å². The Morgan fingerprint density at radius 2 is 1.96 bits per heavy atom. The third-order valence-corrected chi connectivity index (χ3v) is 4.32. The van der Waals surface area contributed by atoms with E-state index in [1.165, 1.54) is 0 Å². The topological polar surface area (TPSA) is 35.5 Å². The van der Waals surface area contributed by atoms with Crippen LogP contribution in [0.5, 0.6) is 5.75 Å². The molecule has 0 N–H and O–H groups in total. The van der Waals surface area contributed by atoms with E-state index in [0.29, 0.717) is 17.9 Å². The first kappa shape index (κ1) is 17.2. The molecule has 2 aromatic carbocycles. The Balaban J connectivity index is 1.85. The van der Waals surface area contributed by atoms with Gasteiger partial charge in [-0.2, -0.15) is 0 Å². The highest BCUT2D eigenvalue weighted by Gasteiger charge is 2.21. The zero-order valence-electron chi connectivity index (χ0n) is 13.8. The molecule has 1 aliphatic rings. The highest BCUT2D eigenvalue weighted by atomic mass is 79.9. The van der Waals surface area contributed by atoms with Crippen LogP contribution in [0.15, 0.2) is 71.2 Å². The summed E-state index contributed by atoms with van der Waals surface area (Å²) < 4.78 is 11.7. The summed E-state index contributed by atoms with van der Waals surface area (Å²) in [5.41, 5.74) is 3.44. The van der Waals surface area contributed by atoms with Crippen molar-refractivity contribution in [3.05, 3.63) is 87.9 Å². The third-order valence-electron chi connectivity index (χ3n) is 3.70. The fraction of sp³-hybridized carbons (Fsp3) is 0.0952. The maximum absolute atomic E-state index is 12.1. The number of rotatable bonds is 5. The summed E-state index contributed by atoms with van der Waals surface area (Å²) >= 11 is 3.48. The van der Waals surface area contributed by atoms with Crippen molar-refractivity contribution >= 4 is 33.7 Å². The lowest BCUT2D eigenvalue weighted by atomic mass is 10.1. The second-order valence-electron chi connectivity index (χ2n) is 5.65. The molecule has 4 heteroatoms. The molecule has 25 heavy (non-hydrogen) atoms. The van der Waals surface area contributed by atoms with Crippen LogP contribution in [0.4, 0.5) is 0 Å². The highest BCUT2D eigenvalue weighted by molar-refractivity contribution is 9.10. The Morgan fingerprint density at radius 3 is 2.64 bits per heavy atom. The average Bonchev–Trinajstić information content (AvgIpc) is 2.95. The van der Waals surface area contributed by atoms with E-state index in [4.69, 9.17) is 9.47 Å². The van der Waals surface area contributed by atoms with Gasteiger partial charge in [0.25, 0.3) is 0 Å². The lowest BCUT2D eigenvalue weighted by Gasteiger charge is -2.06. The van der Waals surface area contributed by atoms with Crippen molar-refractivity contribution in [2.75, 3.05) is 6.61 Å². The summed E-state index contributed by atoms with van der Waals surface area (Å²) in [6.07, 6.45) is 5.25. The Kier molecular flexibility index (Phi) is 5.19. The zero-order chi connectivity index (χ0) is 17.8. The van der Waals surface area contributed by atoms with Crippen LogP contribution in [0.3, 0.4) is 0 Å². The molecule has 0 spiro atoms. The fourth-order valence-electron chi connectivity index (χ4n) is 2.40. The largest absolute Gasteiger partial charge is 0.488 e.